The summed E-state index contributed by atoms with van der Waals surface area (Å²) in [6.07, 6.45) is 2.37. The Morgan fingerprint density at radius 3 is 2.14 bits per heavy atom. The molecule has 1 aliphatic rings. The standard InChI is InChI=1S/C30H35F3N2O7S2/c1-5-7-17-29(6-2)21-34(23-11-9-8-10-12-23)25-18-26(41-4)27(42-44(38,39)30(31,32)33)19-28(25)43(36,37)35(29)20-22-13-15-24(40-3)16-14-22/h8-16,18-19H,5-7,17,20-21H2,1-4H3. The minimum Gasteiger partial charge on any atom is -0.497 e. The summed E-state index contributed by atoms with van der Waals surface area (Å²) < 4.78 is 110. The smallest absolute Gasteiger partial charge is 0.497 e. The summed E-state index contributed by atoms with van der Waals surface area (Å²) in [6, 6.07) is 17.9. The van der Waals surface area contributed by atoms with E-state index in [2.05, 4.69) is 4.18 Å². The molecule has 44 heavy (non-hydrogen) atoms. The molecular weight excluding hydrogens is 621 g/mol. The van der Waals surface area contributed by atoms with E-state index in [4.69, 9.17) is 9.47 Å². The molecule has 0 bridgehead atoms. The average Bonchev–Trinajstić information content (AvgIpc) is 3.07. The van der Waals surface area contributed by atoms with E-state index in [0.717, 1.165) is 19.6 Å². The number of hydrogen-bond donors (Lipinski definition) is 0. The van der Waals surface area contributed by atoms with E-state index in [1.807, 2.05) is 13.8 Å². The minimum absolute atomic E-state index is 0.0605. The second-order valence-corrected chi connectivity index (χ2v) is 13.8. The quantitative estimate of drug-likeness (QED) is 0.168. The van der Waals surface area contributed by atoms with Crippen molar-refractivity contribution in [2.75, 3.05) is 25.7 Å². The van der Waals surface area contributed by atoms with Gasteiger partial charge in [0, 0.05) is 30.9 Å². The number of ether oxygens (including phenoxy) is 2. The first kappa shape index (κ1) is 33.4. The number of methoxy groups -OCH3 is 2. The molecule has 4 rings (SSSR count). The van der Waals surface area contributed by atoms with E-state index in [0.29, 0.717) is 36.3 Å². The minimum atomic E-state index is -6.14. The van der Waals surface area contributed by atoms with Crippen LogP contribution in [0.15, 0.2) is 71.6 Å². The molecule has 1 heterocycles. The maximum absolute atomic E-state index is 14.8. The SMILES string of the molecule is CCCCC1(CC)CN(c2ccccc2)c2cc(OC)c(OS(=O)(=O)C(F)(F)F)cc2S(=O)(=O)N1Cc1ccc(OC)cc1. The third kappa shape index (κ3) is 6.47. The van der Waals surface area contributed by atoms with E-state index in [1.165, 1.54) is 17.5 Å². The first-order valence-corrected chi connectivity index (χ1v) is 16.8. The third-order valence-corrected chi connectivity index (χ3v) is 10.7. The monoisotopic (exact) mass is 656 g/mol. The largest absolute Gasteiger partial charge is 0.534 e. The van der Waals surface area contributed by atoms with Crippen molar-refractivity contribution in [3.63, 3.8) is 0 Å². The second-order valence-electron chi connectivity index (χ2n) is 10.4. The average molecular weight is 657 g/mol. The fourth-order valence-electron chi connectivity index (χ4n) is 5.33. The molecule has 1 atom stereocenters. The number of unbranched alkanes of at least 4 members (excludes halogenated alkanes) is 1. The van der Waals surface area contributed by atoms with Crippen molar-refractivity contribution in [1.82, 2.24) is 4.31 Å². The van der Waals surface area contributed by atoms with Crippen LogP contribution >= 0.6 is 0 Å². The summed E-state index contributed by atoms with van der Waals surface area (Å²) in [5, 5.41) is 0. The van der Waals surface area contributed by atoms with Crippen molar-refractivity contribution >= 4 is 31.5 Å². The van der Waals surface area contributed by atoms with Gasteiger partial charge in [-0.1, -0.05) is 57.0 Å². The molecule has 14 heteroatoms. The van der Waals surface area contributed by atoms with Gasteiger partial charge >= 0.3 is 15.6 Å². The Kier molecular flexibility index (Phi) is 9.76. The predicted octanol–water partition coefficient (Wildman–Crippen LogP) is 6.61. The Hall–Kier alpha value is -3.49. The van der Waals surface area contributed by atoms with Crippen molar-refractivity contribution in [2.24, 2.45) is 0 Å². The Labute approximate surface area is 256 Å². The third-order valence-electron chi connectivity index (χ3n) is 7.78. The summed E-state index contributed by atoms with van der Waals surface area (Å²) in [6.45, 7) is 4.03. The van der Waals surface area contributed by atoms with Crippen molar-refractivity contribution in [3.05, 3.63) is 72.3 Å². The van der Waals surface area contributed by atoms with Gasteiger partial charge in [0.25, 0.3) is 0 Å². The second kappa shape index (κ2) is 12.9. The molecule has 3 aromatic rings. The molecular formula is C30H35F3N2O7S2. The van der Waals surface area contributed by atoms with Crippen LogP contribution in [0.25, 0.3) is 0 Å². The van der Waals surface area contributed by atoms with Crippen LogP contribution in [0.3, 0.4) is 0 Å². The first-order chi connectivity index (χ1) is 20.7. The summed E-state index contributed by atoms with van der Waals surface area (Å²) in [5.74, 6) is -0.699. The number of alkyl halides is 3. The lowest BCUT2D eigenvalue weighted by Gasteiger charge is -2.43. The van der Waals surface area contributed by atoms with Crippen molar-refractivity contribution < 1.29 is 43.7 Å². The zero-order chi connectivity index (χ0) is 32.3. The molecule has 0 fully saturated rings. The summed E-state index contributed by atoms with van der Waals surface area (Å²) >= 11 is 0. The number of halogens is 3. The predicted molar refractivity (Wildman–Crippen MR) is 160 cm³/mol. The van der Waals surface area contributed by atoms with Crippen LogP contribution in [0, 0.1) is 0 Å². The van der Waals surface area contributed by atoms with Gasteiger partial charge < -0.3 is 18.6 Å². The van der Waals surface area contributed by atoms with Crippen LogP contribution in [-0.2, 0) is 26.7 Å². The molecule has 0 aliphatic carbocycles. The maximum atomic E-state index is 14.8. The summed E-state index contributed by atoms with van der Waals surface area (Å²) in [7, 11) is -8.02. The molecule has 3 aromatic carbocycles. The zero-order valence-electron chi connectivity index (χ0n) is 24.8. The van der Waals surface area contributed by atoms with Crippen molar-refractivity contribution in [2.45, 2.75) is 62.0 Å². The molecule has 0 aromatic heterocycles. The van der Waals surface area contributed by atoms with Gasteiger partial charge in [-0.3, -0.25) is 0 Å². The number of anilines is 2. The van der Waals surface area contributed by atoms with Crippen LogP contribution in [0.4, 0.5) is 24.5 Å². The molecule has 0 saturated heterocycles. The van der Waals surface area contributed by atoms with Crippen LogP contribution in [-0.4, -0.2) is 53.0 Å². The van der Waals surface area contributed by atoms with Crippen LogP contribution in [0.5, 0.6) is 17.2 Å². The molecule has 1 aliphatic heterocycles. The summed E-state index contributed by atoms with van der Waals surface area (Å²) in [4.78, 5) is 1.36. The Balaban J connectivity index is 2.03. The Bertz CT molecular complexity index is 1670. The van der Waals surface area contributed by atoms with Crippen molar-refractivity contribution in [1.29, 1.82) is 0 Å². The first-order valence-electron chi connectivity index (χ1n) is 13.9. The molecule has 0 amide bonds. The van der Waals surface area contributed by atoms with Gasteiger partial charge in [-0.15, -0.1) is 0 Å². The van der Waals surface area contributed by atoms with Gasteiger partial charge in [0.1, 0.15) is 10.6 Å². The number of sulfonamides is 1. The lowest BCUT2D eigenvalue weighted by molar-refractivity contribution is -0.0500. The highest BCUT2D eigenvalue weighted by molar-refractivity contribution is 7.89. The number of para-hydroxylation sites is 1. The molecule has 240 valence electrons. The fraction of sp³-hybridized carbons (Fsp3) is 0.400. The van der Waals surface area contributed by atoms with E-state index in [-0.39, 0.29) is 24.5 Å². The fourth-order valence-corrected chi connectivity index (χ4v) is 7.83. The van der Waals surface area contributed by atoms with Gasteiger partial charge in [0.05, 0.1) is 25.4 Å². The van der Waals surface area contributed by atoms with Gasteiger partial charge in [0.2, 0.25) is 10.0 Å². The van der Waals surface area contributed by atoms with Gasteiger partial charge in [-0.05, 0) is 42.7 Å². The molecule has 0 saturated carbocycles. The lowest BCUT2D eigenvalue weighted by Crippen LogP contribution is -2.54. The normalized spacial score (nSPS) is 18.8. The topological polar surface area (TPSA) is 102 Å². The molecule has 1 unspecified atom stereocenters. The van der Waals surface area contributed by atoms with E-state index in [9.17, 15) is 30.0 Å². The highest BCUT2D eigenvalue weighted by Gasteiger charge is 2.51. The molecule has 9 nitrogen and oxygen atoms in total. The van der Waals surface area contributed by atoms with E-state index < -0.39 is 41.8 Å². The molecule has 0 radical (unpaired) electrons. The van der Waals surface area contributed by atoms with E-state index in [1.54, 1.807) is 59.5 Å². The van der Waals surface area contributed by atoms with Crippen LogP contribution < -0.4 is 18.6 Å². The number of hydrogen-bond acceptors (Lipinski definition) is 8. The Morgan fingerprint density at radius 2 is 1.59 bits per heavy atom. The molecule has 0 N–H and O–H groups in total. The highest BCUT2D eigenvalue weighted by atomic mass is 32.2. The van der Waals surface area contributed by atoms with Gasteiger partial charge in [-0.2, -0.15) is 25.9 Å². The van der Waals surface area contributed by atoms with Crippen molar-refractivity contribution in [3.8, 4) is 17.2 Å². The van der Waals surface area contributed by atoms with Crippen LogP contribution in [0.1, 0.15) is 45.1 Å². The highest BCUT2D eigenvalue weighted by Crippen LogP contribution is 2.48. The number of nitrogens with zero attached hydrogens (tertiary/aromatic N) is 2. The number of rotatable bonds is 11. The molecule has 0 spiro atoms. The number of benzene rings is 3. The number of fused-ring (bicyclic) bond motifs is 1. The van der Waals surface area contributed by atoms with Gasteiger partial charge in [0.15, 0.2) is 11.5 Å². The summed E-state index contributed by atoms with van der Waals surface area (Å²) in [5.41, 5.74) is -5.34. The van der Waals surface area contributed by atoms with E-state index >= 15 is 0 Å². The Morgan fingerprint density at radius 1 is 0.932 bits per heavy atom. The van der Waals surface area contributed by atoms with Gasteiger partial charge in [-0.25, -0.2) is 8.42 Å². The zero-order valence-corrected chi connectivity index (χ0v) is 26.4. The maximum Gasteiger partial charge on any atom is 0.534 e. The van der Waals surface area contributed by atoms with Crippen LogP contribution in [0.2, 0.25) is 0 Å². The lowest BCUT2D eigenvalue weighted by atomic mass is 9.88.